The summed E-state index contributed by atoms with van der Waals surface area (Å²) in [5, 5.41) is 3.67. The second-order valence-corrected chi connectivity index (χ2v) is 11.8. The van der Waals surface area contributed by atoms with E-state index in [1.54, 1.807) is 0 Å². The molecule has 0 heterocycles. The SMILES string of the molecule is Br.CCCCCCCCCCCCCCCCNCCCCCCCCCCCC(C)(C)C. The second kappa shape index (κ2) is 28.7. The molecule has 0 unspecified atom stereocenters. The van der Waals surface area contributed by atoms with Crippen LogP contribution in [0.3, 0.4) is 0 Å². The van der Waals surface area contributed by atoms with Gasteiger partial charge in [-0.3, -0.25) is 0 Å². The first-order valence-electron chi connectivity index (χ1n) is 15.3. The van der Waals surface area contributed by atoms with Gasteiger partial charge in [-0.2, -0.15) is 0 Å². The molecule has 0 aliphatic heterocycles. The molecule has 0 spiro atoms. The van der Waals surface area contributed by atoms with E-state index in [-0.39, 0.29) is 17.0 Å². The fourth-order valence-corrected chi connectivity index (χ4v) is 4.71. The van der Waals surface area contributed by atoms with Crippen LogP contribution < -0.4 is 5.32 Å². The van der Waals surface area contributed by atoms with Gasteiger partial charge in [0, 0.05) is 0 Å². The number of halogens is 1. The van der Waals surface area contributed by atoms with Crippen molar-refractivity contribution in [2.45, 2.75) is 182 Å². The molecule has 2 heteroatoms. The van der Waals surface area contributed by atoms with Gasteiger partial charge in [-0.05, 0) is 37.8 Å². The van der Waals surface area contributed by atoms with Gasteiger partial charge in [0.15, 0.2) is 0 Å². The third kappa shape index (κ3) is 34.7. The van der Waals surface area contributed by atoms with Gasteiger partial charge in [0.1, 0.15) is 0 Å². The Hall–Kier alpha value is 0.440. The average molecular weight is 533 g/mol. The highest BCUT2D eigenvalue weighted by Crippen LogP contribution is 2.22. The molecule has 0 radical (unpaired) electrons. The molecule has 0 aromatic heterocycles. The van der Waals surface area contributed by atoms with E-state index < -0.39 is 0 Å². The van der Waals surface area contributed by atoms with Gasteiger partial charge >= 0.3 is 0 Å². The summed E-state index contributed by atoms with van der Waals surface area (Å²) >= 11 is 0. The third-order valence-corrected chi connectivity index (χ3v) is 6.99. The summed E-state index contributed by atoms with van der Waals surface area (Å²) in [6, 6.07) is 0. The molecule has 0 atom stereocenters. The van der Waals surface area contributed by atoms with Gasteiger partial charge < -0.3 is 5.32 Å². The molecule has 0 fully saturated rings. The minimum atomic E-state index is 0. The van der Waals surface area contributed by atoms with Crippen LogP contribution >= 0.6 is 17.0 Å². The molecule has 0 saturated carbocycles. The van der Waals surface area contributed by atoms with Crippen LogP contribution in [0.15, 0.2) is 0 Å². The van der Waals surface area contributed by atoms with Crippen LogP contribution in [0.1, 0.15) is 182 Å². The molecular formula is C31H66BrN. The van der Waals surface area contributed by atoms with E-state index in [2.05, 4.69) is 33.0 Å². The summed E-state index contributed by atoms with van der Waals surface area (Å²) in [7, 11) is 0. The van der Waals surface area contributed by atoms with Crippen molar-refractivity contribution in [1.29, 1.82) is 0 Å². The van der Waals surface area contributed by atoms with Crippen molar-refractivity contribution in [1.82, 2.24) is 5.32 Å². The van der Waals surface area contributed by atoms with Gasteiger partial charge in [-0.1, -0.05) is 163 Å². The predicted octanol–water partition coefficient (Wildman–Crippen LogP) is 11.6. The van der Waals surface area contributed by atoms with E-state index in [0.29, 0.717) is 5.41 Å². The van der Waals surface area contributed by atoms with Crippen molar-refractivity contribution >= 4 is 17.0 Å². The van der Waals surface area contributed by atoms with E-state index in [1.807, 2.05) is 0 Å². The van der Waals surface area contributed by atoms with E-state index in [9.17, 15) is 0 Å². The van der Waals surface area contributed by atoms with Crippen molar-refractivity contribution in [3.8, 4) is 0 Å². The standard InChI is InChI=1S/C31H65N.BrH/c1-5-6-7-8-9-10-11-12-13-14-17-20-23-26-29-32-30-27-24-21-18-15-16-19-22-25-28-31(2,3)4;/h32H,5-30H2,1-4H3;1H. The molecule has 0 bridgehead atoms. The molecular weight excluding hydrogens is 466 g/mol. The molecule has 0 aliphatic rings. The zero-order valence-electron chi connectivity index (χ0n) is 23.8. The molecule has 33 heavy (non-hydrogen) atoms. The number of rotatable bonds is 26. The Morgan fingerprint density at radius 1 is 0.394 bits per heavy atom. The summed E-state index contributed by atoms with van der Waals surface area (Å²) in [6.07, 6.45) is 34.7. The maximum atomic E-state index is 3.67. The lowest BCUT2D eigenvalue weighted by Crippen LogP contribution is -2.16. The Morgan fingerprint density at radius 2 is 0.667 bits per heavy atom. The minimum Gasteiger partial charge on any atom is -0.317 e. The number of nitrogens with one attached hydrogen (secondary N) is 1. The second-order valence-electron chi connectivity index (χ2n) is 11.8. The Labute approximate surface area is 222 Å². The normalized spacial score (nSPS) is 11.6. The van der Waals surface area contributed by atoms with Gasteiger partial charge in [0.25, 0.3) is 0 Å². The number of hydrogen-bond donors (Lipinski definition) is 1. The number of hydrogen-bond acceptors (Lipinski definition) is 1. The number of unbranched alkanes of at least 4 members (excludes halogenated alkanes) is 21. The first-order chi connectivity index (χ1) is 15.6. The quantitative estimate of drug-likeness (QED) is 0.109. The van der Waals surface area contributed by atoms with Crippen LogP contribution in [0.2, 0.25) is 0 Å². The first-order valence-corrected chi connectivity index (χ1v) is 15.3. The van der Waals surface area contributed by atoms with Gasteiger partial charge in [-0.25, -0.2) is 0 Å². The molecule has 202 valence electrons. The van der Waals surface area contributed by atoms with Crippen LogP contribution in [0, 0.1) is 5.41 Å². The Morgan fingerprint density at radius 3 is 0.970 bits per heavy atom. The maximum absolute atomic E-state index is 3.67. The summed E-state index contributed by atoms with van der Waals surface area (Å²) in [4.78, 5) is 0. The lowest BCUT2D eigenvalue weighted by molar-refractivity contribution is 0.356. The van der Waals surface area contributed by atoms with Crippen LogP contribution in [0.25, 0.3) is 0 Å². The maximum Gasteiger partial charge on any atom is -0.00489 e. The molecule has 1 N–H and O–H groups in total. The van der Waals surface area contributed by atoms with Crippen molar-refractivity contribution in [3.05, 3.63) is 0 Å². The van der Waals surface area contributed by atoms with Gasteiger partial charge in [0.2, 0.25) is 0 Å². The predicted molar refractivity (Wildman–Crippen MR) is 159 cm³/mol. The Balaban J connectivity index is 0. The zero-order chi connectivity index (χ0) is 23.6. The van der Waals surface area contributed by atoms with E-state index in [1.165, 1.54) is 167 Å². The largest absolute Gasteiger partial charge is 0.317 e. The van der Waals surface area contributed by atoms with Crippen molar-refractivity contribution in [2.24, 2.45) is 5.41 Å². The summed E-state index contributed by atoms with van der Waals surface area (Å²) in [5.74, 6) is 0. The van der Waals surface area contributed by atoms with Crippen molar-refractivity contribution < 1.29 is 0 Å². The molecule has 0 aromatic carbocycles. The molecule has 0 amide bonds. The summed E-state index contributed by atoms with van der Waals surface area (Å²) in [5.41, 5.74) is 0.528. The molecule has 0 aromatic rings. The van der Waals surface area contributed by atoms with E-state index >= 15 is 0 Å². The lowest BCUT2D eigenvalue weighted by Gasteiger charge is -2.17. The first kappa shape index (κ1) is 35.6. The fourth-order valence-electron chi connectivity index (χ4n) is 4.71. The highest BCUT2D eigenvalue weighted by atomic mass is 79.9. The Kier molecular flexibility index (Phi) is 30.9. The van der Waals surface area contributed by atoms with Crippen LogP contribution in [-0.2, 0) is 0 Å². The van der Waals surface area contributed by atoms with Crippen molar-refractivity contribution in [3.63, 3.8) is 0 Å². The van der Waals surface area contributed by atoms with Gasteiger partial charge in [-0.15, -0.1) is 17.0 Å². The molecule has 0 saturated heterocycles. The highest BCUT2D eigenvalue weighted by molar-refractivity contribution is 8.93. The molecule has 1 nitrogen and oxygen atoms in total. The monoisotopic (exact) mass is 531 g/mol. The molecule has 0 aliphatic carbocycles. The summed E-state index contributed by atoms with van der Waals surface area (Å²) < 4.78 is 0. The van der Waals surface area contributed by atoms with Crippen molar-refractivity contribution in [2.75, 3.05) is 13.1 Å². The smallest absolute Gasteiger partial charge is 0.00489 e. The minimum absolute atomic E-state index is 0. The topological polar surface area (TPSA) is 12.0 Å². The van der Waals surface area contributed by atoms with E-state index in [0.717, 1.165) is 0 Å². The third-order valence-electron chi connectivity index (χ3n) is 6.99. The highest BCUT2D eigenvalue weighted by Gasteiger charge is 2.08. The zero-order valence-corrected chi connectivity index (χ0v) is 25.5. The average Bonchev–Trinajstić information content (AvgIpc) is 2.75. The van der Waals surface area contributed by atoms with Crippen LogP contribution in [-0.4, -0.2) is 13.1 Å². The Bertz CT molecular complexity index is 336. The fraction of sp³-hybridized carbons (Fsp3) is 1.00. The summed E-state index contributed by atoms with van der Waals surface area (Å²) in [6.45, 7) is 11.9. The van der Waals surface area contributed by atoms with Crippen LogP contribution in [0.5, 0.6) is 0 Å². The van der Waals surface area contributed by atoms with Gasteiger partial charge in [0.05, 0.1) is 0 Å². The van der Waals surface area contributed by atoms with Crippen LogP contribution in [0.4, 0.5) is 0 Å². The lowest BCUT2D eigenvalue weighted by atomic mass is 9.89. The molecule has 0 rings (SSSR count). The van der Waals surface area contributed by atoms with E-state index in [4.69, 9.17) is 0 Å².